The first-order chi connectivity index (χ1) is 16.1. The highest BCUT2D eigenvalue weighted by atomic mass is 16.2. The van der Waals surface area contributed by atoms with Crippen molar-refractivity contribution in [1.29, 1.82) is 0 Å². The summed E-state index contributed by atoms with van der Waals surface area (Å²) in [5.41, 5.74) is 3.50. The van der Waals surface area contributed by atoms with E-state index in [1.807, 2.05) is 68.4 Å². The average molecular weight is 461 g/mol. The third-order valence-electron chi connectivity index (χ3n) is 6.16. The molecule has 8 nitrogen and oxygen atoms in total. The van der Waals surface area contributed by atoms with E-state index in [1.54, 1.807) is 10.7 Å². The van der Waals surface area contributed by atoms with E-state index in [1.165, 1.54) is 5.56 Å². The zero-order valence-electron chi connectivity index (χ0n) is 20.2. The molecule has 1 fully saturated rings. The summed E-state index contributed by atoms with van der Waals surface area (Å²) in [6.45, 7) is 10.3. The van der Waals surface area contributed by atoms with E-state index in [2.05, 4.69) is 42.0 Å². The molecule has 2 heterocycles. The van der Waals surface area contributed by atoms with E-state index in [9.17, 15) is 9.59 Å². The molecule has 4 rings (SSSR count). The van der Waals surface area contributed by atoms with Crippen LogP contribution in [0.1, 0.15) is 46.5 Å². The fourth-order valence-corrected chi connectivity index (χ4v) is 3.83. The zero-order valence-corrected chi connectivity index (χ0v) is 20.2. The lowest BCUT2D eigenvalue weighted by Crippen LogP contribution is -2.57. The topological polar surface area (TPSA) is 100 Å². The molecule has 1 aromatic heterocycles. The van der Waals surface area contributed by atoms with Gasteiger partial charge in [0.2, 0.25) is 5.91 Å². The second kappa shape index (κ2) is 9.30. The molecule has 3 unspecified atom stereocenters. The molecule has 178 valence electrons. The molecule has 1 saturated heterocycles. The first kappa shape index (κ1) is 23.5. The van der Waals surface area contributed by atoms with Crippen molar-refractivity contribution in [2.45, 2.75) is 52.4 Å². The predicted octanol–water partition coefficient (Wildman–Crippen LogP) is 4.69. The zero-order chi connectivity index (χ0) is 24.5. The van der Waals surface area contributed by atoms with Crippen molar-refractivity contribution in [3.63, 3.8) is 0 Å². The third kappa shape index (κ3) is 5.12. The molecule has 0 bridgehead atoms. The van der Waals surface area contributed by atoms with Crippen LogP contribution in [0.15, 0.2) is 60.7 Å². The van der Waals surface area contributed by atoms with Gasteiger partial charge in [-0.3, -0.25) is 15.4 Å². The smallest absolute Gasteiger partial charge is 0.322 e. The molecule has 0 saturated carbocycles. The Morgan fingerprint density at radius 3 is 2.29 bits per heavy atom. The van der Waals surface area contributed by atoms with Crippen LogP contribution in [0.25, 0.3) is 11.3 Å². The number of hydrogen-bond donors (Lipinski definition) is 4. The summed E-state index contributed by atoms with van der Waals surface area (Å²) in [4.78, 5) is 25.3. The standard InChI is InChI=1S/C26H32N6O2/c1-16-17(2)27-24(30-23(16)33)32-22(15-21(31-32)18-9-7-6-8-10-18)29-25(34)28-20-13-11-19(12-14-20)26(3,4)5/h6-17,24,27H,1-5H3,(H,30,33)(H2,28,29,34). The third-order valence-corrected chi connectivity index (χ3v) is 6.16. The molecule has 4 N–H and O–H groups in total. The monoisotopic (exact) mass is 460 g/mol. The van der Waals surface area contributed by atoms with Crippen molar-refractivity contribution in [2.24, 2.45) is 5.92 Å². The van der Waals surface area contributed by atoms with Crippen LogP contribution in [0, 0.1) is 5.92 Å². The Bertz CT molecular complexity index is 1160. The van der Waals surface area contributed by atoms with Gasteiger partial charge in [0.25, 0.3) is 0 Å². The van der Waals surface area contributed by atoms with Gasteiger partial charge in [0.05, 0.1) is 11.6 Å². The molecule has 3 aromatic rings. The molecule has 0 aliphatic carbocycles. The van der Waals surface area contributed by atoms with Crippen molar-refractivity contribution in [3.8, 4) is 11.3 Å². The van der Waals surface area contributed by atoms with E-state index < -0.39 is 12.3 Å². The van der Waals surface area contributed by atoms with Gasteiger partial charge in [0.1, 0.15) is 5.82 Å². The van der Waals surface area contributed by atoms with Crippen LogP contribution in [0.2, 0.25) is 0 Å². The van der Waals surface area contributed by atoms with E-state index in [0.29, 0.717) is 17.2 Å². The Morgan fingerprint density at radius 2 is 1.68 bits per heavy atom. The summed E-state index contributed by atoms with van der Waals surface area (Å²) >= 11 is 0. The Morgan fingerprint density at radius 1 is 1.00 bits per heavy atom. The van der Waals surface area contributed by atoms with Crippen LogP contribution in [0.4, 0.5) is 16.3 Å². The normalized spacial score (nSPS) is 20.5. The van der Waals surface area contributed by atoms with E-state index in [-0.39, 0.29) is 23.3 Å². The highest BCUT2D eigenvalue weighted by molar-refractivity contribution is 5.99. The highest BCUT2D eigenvalue weighted by Gasteiger charge is 2.32. The number of nitrogens with one attached hydrogen (secondary N) is 4. The number of amides is 3. The van der Waals surface area contributed by atoms with Gasteiger partial charge in [-0.15, -0.1) is 0 Å². The molecule has 34 heavy (non-hydrogen) atoms. The number of benzene rings is 2. The van der Waals surface area contributed by atoms with Crippen molar-refractivity contribution in [3.05, 3.63) is 66.2 Å². The van der Waals surface area contributed by atoms with Gasteiger partial charge in [0.15, 0.2) is 6.29 Å². The number of hydrogen-bond acceptors (Lipinski definition) is 4. The Kier molecular flexibility index (Phi) is 6.43. The summed E-state index contributed by atoms with van der Waals surface area (Å²) in [7, 11) is 0. The van der Waals surface area contributed by atoms with Gasteiger partial charge >= 0.3 is 6.03 Å². The van der Waals surface area contributed by atoms with Crippen LogP contribution >= 0.6 is 0 Å². The molecule has 1 aliphatic rings. The highest BCUT2D eigenvalue weighted by Crippen LogP contribution is 2.26. The first-order valence-corrected chi connectivity index (χ1v) is 11.5. The Labute approximate surface area is 200 Å². The molecule has 3 amide bonds. The summed E-state index contributed by atoms with van der Waals surface area (Å²) in [6.07, 6.45) is -0.586. The Balaban J connectivity index is 1.58. The lowest BCUT2D eigenvalue weighted by molar-refractivity contribution is -0.130. The van der Waals surface area contributed by atoms with Crippen LogP contribution in [0.5, 0.6) is 0 Å². The van der Waals surface area contributed by atoms with Gasteiger partial charge in [-0.1, -0.05) is 70.2 Å². The van der Waals surface area contributed by atoms with Crippen molar-refractivity contribution >= 4 is 23.4 Å². The minimum Gasteiger partial charge on any atom is -0.322 e. The molecule has 8 heteroatoms. The minimum absolute atomic E-state index is 0.0349. The molecular formula is C26H32N6O2. The van der Waals surface area contributed by atoms with E-state index in [0.717, 1.165) is 5.56 Å². The maximum atomic E-state index is 12.9. The maximum absolute atomic E-state index is 12.9. The fraction of sp³-hybridized carbons (Fsp3) is 0.346. The lowest BCUT2D eigenvalue weighted by Gasteiger charge is -2.34. The van der Waals surface area contributed by atoms with Crippen molar-refractivity contribution in [2.75, 3.05) is 10.6 Å². The summed E-state index contributed by atoms with van der Waals surface area (Å²) < 4.78 is 1.60. The second-order valence-electron chi connectivity index (χ2n) is 9.79. The van der Waals surface area contributed by atoms with Crippen LogP contribution in [-0.4, -0.2) is 27.8 Å². The molecule has 2 aromatic carbocycles. The number of urea groups is 1. The van der Waals surface area contributed by atoms with Crippen molar-refractivity contribution in [1.82, 2.24) is 20.4 Å². The summed E-state index contributed by atoms with van der Waals surface area (Å²) in [5.74, 6) is 0.223. The SMILES string of the molecule is CC1NC(n2nc(-c3ccccc3)cc2NC(=O)Nc2ccc(C(C)(C)C)cc2)NC(=O)C1C. The fourth-order valence-electron chi connectivity index (χ4n) is 3.83. The van der Waals surface area contributed by atoms with Crippen LogP contribution in [0.3, 0.4) is 0 Å². The number of carbonyl (C=O) groups excluding carboxylic acids is 2. The van der Waals surface area contributed by atoms with Crippen LogP contribution in [-0.2, 0) is 10.2 Å². The molecule has 1 aliphatic heterocycles. The molecular weight excluding hydrogens is 428 g/mol. The molecule has 3 atom stereocenters. The number of rotatable bonds is 4. The van der Waals surface area contributed by atoms with Crippen LogP contribution < -0.4 is 21.3 Å². The number of carbonyl (C=O) groups is 2. The summed E-state index contributed by atoms with van der Waals surface area (Å²) in [6, 6.07) is 18.8. The Hall–Kier alpha value is -3.65. The first-order valence-electron chi connectivity index (χ1n) is 11.5. The number of aromatic nitrogens is 2. The minimum atomic E-state index is -0.586. The lowest BCUT2D eigenvalue weighted by atomic mass is 9.87. The van der Waals surface area contributed by atoms with E-state index >= 15 is 0 Å². The van der Waals surface area contributed by atoms with E-state index in [4.69, 9.17) is 5.10 Å². The number of anilines is 2. The summed E-state index contributed by atoms with van der Waals surface area (Å²) in [5, 5.41) is 16.8. The van der Waals surface area contributed by atoms with Gasteiger partial charge in [-0.25, -0.2) is 9.48 Å². The maximum Gasteiger partial charge on any atom is 0.324 e. The van der Waals surface area contributed by atoms with Gasteiger partial charge in [-0.05, 0) is 30.0 Å². The van der Waals surface area contributed by atoms with Crippen molar-refractivity contribution < 1.29 is 9.59 Å². The second-order valence-corrected chi connectivity index (χ2v) is 9.79. The predicted molar refractivity (Wildman–Crippen MR) is 134 cm³/mol. The number of nitrogens with zero attached hydrogens (tertiary/aromatic N) is 2. The average Bonchev–Trinajstić information content (AvgIpc) is 3.21. The van der Waals surface area contributed by atoms with Gasteiger partial charge < -0.3 is 10.6 Å². The largest absolute Gasteiger partial charge is 0.324 e. The van der Waals surface area contributed by atoms with Gasteiger partial charge in [-0.2, -0.15) is 5.10 Å². The van der Waals surface area contributed by atoms with Gasteiger partial charge in [0, 0.05) is 23.4 Å². The molecule has 0 spiro atoms. The quantitative estimate of drug-likeness (QED) is 0.454. The molecule has 0 radical (unpaired) electrons.